The van der Waals surface area contributed by atoms with Gasteiger partial charge in [0.2, 0.25) is 0 Å². The largest absolute Gasteiger partial charge is 0.411 e. The summed E-state index contributed by atoms with van der Waals surface area (Å²) in [4.78, 5) is 0. The Morgan fingerprint density at radius 2 is 2.13 bits per heavy atom. The van der Waals surface area contributed by atoms with E-state index in [2.05, 4.69) is 10.3 Å². The van der Waals surface area contributed by atoms with Crippen molar-refractivity contribution in [3.63, 3.8) is 0 Å². The second-order valence-corrected chi connectivity index (χ2v) is 3.20. The fourth-order valence-electron chi connectivity index (χ4n) is 1.37. The molecule has 0 aliphatic carbocycles. The molecule has 76 valence electrons. The van der Waals surface area contributed by atoms with Crippen molar-refractivity contribution in [3.8, 4) is 0 Å². The van der Waals surface area contributed by atoms with E-state index in [4.69, 9.17) is 5.21 Å². The van der Waals surface area contributed by atoms with Crippen LogP contribution in [-0.4, -0.2) is 21.2 Å². The molecular formula is C11H11N3O. The molecule has 2 rings (SSSR count). The van der Waals surface area contributed by atoms with Gasteiger partial charge in [-0.05, 0) is 5.56 Å². The highest BCUT2D eigenvalue weighted by Gasteiger charge is 1.97. The molecule has 0 saturated carbocycles. The maximum absolute atomic E-state index is 8.35. The van der Waals surface area contributed by atoms with Crippen LogP contribution in [0.5, 0.6) is 0 Å². The standard InChI is InChI=1S/C11H11N3O/c15-13-7-11-6-12-14(9-11)8-10-4-2-1-3-5-10/h1-7,9,15H,8H2. The number of hydrogen-bond acceptors (Lipinski definition) is 3. The molecule has 0 saturated heterocycles. The molecular weight excluding hydrogens is 190 g/mol. The Bertz CT molecular complexity index is 448. The molecule has 0 aliphatic heterocycles. The van der Waals surface area contributed by atoms with Crippen LogP contribution >= 0.6 is 0 Å². The average Bonchev–Trinajstić information content (AvgIpc) is 2.68. The summed E-state index contributed by atoms with van der Waals surface area (Å²) in [5.41, 5.74) is 1.97. The highest BCUT2D eigenvalue weighted by molar-refractivity contribution is 5.77. The van der Waals surface area contributed by atoms with Crippen molar-refractivity contribution in [3.05, 3.63) is 53.9 Å². The molecule has 1 aromatic heterocycles. The van der Waals surface area contributed by atoms with E-state index in [-0.39, 0.29) is 0 Å². The molecule has 0 aliphatic rings. The van der Waals surface area contributed by atoms with Crippen molar-refractivity contribution in [1.82, 2.24) is 9.78 Å². The molecule has 0 amide bonds. The number of oxime groups is 1. The van der Waals surface area contributed by atoms with Crippen LogP contribution in [0.2, 0.25) is 0 Å². The third kappa shape index (κ3) is 2.43. The van der Waals surface area contributed by atoms with E-state index in [9.17, 15) is 0 Å². The van der Waals surface area contributed by atoms with E-state index < -0.39 is 0 Å². The number of nitrogens with zero attached hydrogens (tertiary/aromatic N) is 3. The van der Waals surface area contributed by atoms with Crippen LogP contribution in [0, 0.1) is 0 Å². The summed E-state index contributed by atoms with van der Waals surface area (Å²) >= 11 is 0. The number of hydrogen-bond donors (Lipinski definition) is 1. The lowest BCUT2D eigenvalue weighted by Crippen LogP contribution is -1.99. The molecule has 0 bridgehead atoms. The van der Waals surface area contributed by atoms with Gasteiger partial charge < -0.3 is 5.21 Å². The Hall–Kier alpha value is -2.10. The zero-order chi connectivity index (χ0) is 10.5. The van der Waals surface area contributed by atoms with Crippen LogP contribution in [0.1, 0.15) is 11.1 Å². The average molecular weight is 201 g/mol. The minimum absolute atomic E-state index is 0.722. The van der Waals surface area contributed by atoms with Crippen molar-refractivity contribution in [2.75, 3.05) is 0 Å². The van der Waals surface area contributed by atoms with Gasteiger partial charge in [0.05, 0.1) is 19.0 Å². The number of aromatic nitrogens is 2. The summed E-state index contributed by atoms with van der Waals surface area (Å²) in [5.74, 6) is 0. The van der Waals surface area contributed by atoms with Gasteiger partial charge in [0, 0.05) is 11.8 Å². The molecule has 0 spiro atoms. The lowest BCUT2D eigenvalue weighted by atomic mass is 10.2. The fraction of sp³-hybridized carbons (Fsp3) is 0.0909. The van der Waals surface area contributed by atoms with E-state index >= 15 is 0 Å². The van der Waals surface area contributed by atoms with Crippen molar-refractivity contribution in [2.24, 2.45) is 5.16 Å². The van der Waals surface area contributed by atoms with E-state index in [1.807, 2.05) is 36.5 Å². The van der Waals surface area contributed by atoms with Gasteiger partial charge in [-0.1, -0.05) is 35.5 Å². The van der Waals surface area contributed by atoms with E-state index in [0.717, 1.165) is 12.1 Å². The Morgan fingerprint density at radius 1 is 1.33 bits per heavy atom. The summed E-state index contributed by atoms with van der Waals surface area (Å²) in [5, 5.41) is 15.4. The summed E-state index contributed by atoms with van der Waals surface area (Å²) in [6.07, 6.45) is 4.84. The summed E-state index contributed by atoms with van der Waals surface area (Å²) in [6.45, 7) is 0.722. The molecule has 4 nitrogen and oxygen atoms in total. The van der Waals surface area contributed by atoms with Crippen LogP contribution in [-0.2, 0) is 6.54 Å². The van der Waals surface area contributed by atoms with Gasteiger partial charge in [0.15, 0.2) is 0 Å². The highest BCUT2D eigenvalue weighted by atomic mass is 16.4. The zero-order valence-electron chi connectivity index (χ0n) is 8.11. The van der Waals surface area contributed by atoms with Crippen LogP contribution in [0.25, 0.3) is 0 Å². The summed E-state index contributed by atoms with van der Waals surface area (Å²) in [6, 6.07) is 10.1. The van der Waals surface area contributed by atoms with E-state index in [1.165, 1.54) is 11.8 Å². The van der Waals surface area contributed by atoms with Crippen LogP contribution in [0.3, 0.4) is 0 Å². The normalized spacial score (nSPS) is 10.9. The molecule has 1 aromatic carbocycles. The Labute approximate surface area is 87.5 Å². The number of benzene rings is 1. The first kappa shape index (κ1) is 9.45. The zero-order valence-corrected chi connectivity index (χ0v) is 8.11. The predicted octanol–water partition coefficient (Wildman–Crippen LogP) is 1.74. The SMILES string of the molecule is ON=Cc1cnn(Cc2ccccc2)c1. The van der Waals surface area contributed by atoms with Crippen molar-refractivity contribution in [1.29, 1.82) is 0 Å². The Balaban J connectivity index is 2.11. The van der Waals surface area contributed by atoms with Crippen LogP contribution < -0.4 is 0 Å². The Morgan fingerprint density at radius 3 is 2.87 bits per heavy atom. The van der Waals surface area contributed by atoms with Gasteiger partial charge in [-0.25, -0.2) is 0 Å². The van der Waals surface area contributed by atoms with Gasteiger partial charge in [-0.2, -0.15) is 5.10 Å². The molecule has 0 fully saturated rings. The van der Waals surface area contributed by atoms with Crippen molar-refractivity contribution >= 4 is 6.21 Å². The molecule has 0 unspecified atom stereocenters. The van der Waals surface area contributed by atoms with Crippen LogP contribution in [0.4, 0.5) is 0 Å². The lowest BCUT2D eigenvalue weighted by Gasteiger charge is -2.00. The van der Waals surface area contributed by atoms with Gasteiger partial charge in [-0.3, -0.25) is 4.68 Å². The van der Waals surface area contributed by atoms with Gasteiger partial charge >= 0.3 is 0 Å². The predicted molar refractivity (Wildman–Crippen MR) is 57.2 cm³/mol. The van der Waals surface area contributed by atoms with Crippen molar-refractivity contribution in [2.45, 2.75) is 6.54 Å². The maximum Gasteiger partial charge on any atom is 0.0765 e. The maximum atomic E-state index is 8.35. The molecule has 4 heteroatoms. The molecule has 2 aromatic rings. The topological polar surface area (TPSA) is 50.4 Å². The third-order valence-corrected chi connectivity index (χ3v) is 2.05. The first-order valence-electron chi connectivity index (χ1n) is 4.62. The lowest BCUT2D eigenvalue weighted by molar-refractivity contribution is 0.322. The molecule has 0 radical (unpaired) electrons. The van der Waals surface area contributed by atoms with Gasteiger partial charge in [0.25, 0.3) is 0 Å². The van der Waals surface area contributed by atoms with Gasteiger partial charge in [-0.15, -0.1) is 0 Å². The minimum Gasteiger partial charge on any atom is -0.411 e. The van der Waals surface area contributed by atoms with E-state index in [0.29, 0.717) is 0 Å². The fourth-order valence-corrected chi connectivity index (χ4v) is 1.37. The highest BCUT2D eigenvalue weighted by Crippen LogP contribution is 2.02. The second kappa shape index (κ2) is 4.41. The van der Waals surface area contributed by atoms with Crippen LogP contribution in [0.15, 0.2) is 47.9 Å². The monoisotopic (exact) mass is 201 g/mol. The first-order valence-corrected chi connectivity index (χ1v) is 4.62. The third-order valence-electron chi connectivity index (χ3n) is 2.05. The van der Waals surface area contributed by atoms with E-state index in [1.54, 1.807) is 10.9 Å². The quantitative estimate of drug-likeness (QED) is 0.467. The minimum atomic E-state index is 0.722. The summed E-state index contributed by atoms with van der Waals surface area (Å²) < 4.78 is 1.80. The molecule has 15 heavy (non-hydrogen) atoms. The second-order valence-electron chi connectivity index (χ2n) is 3.20. The smallest absolute Gasteiger partial charge is 0.0765 e. The molecule has 1 heterocycles. The van der Waals surface area contributed by atoms with Gasteiger partial charge in [0.1, 0.15) is 0 Å². The Kier molecular flexibility index (Phi) is 2.78. The molecule has 1 N–H and O–H groups in total. The molecule has 0 atom stereocenters. The van der Waals surface area contributed by atoms with Crippen molar-refractivity contribution < 1.29 is 5.21 Å². The number of rotatable bonds is 3. The summed E-state index contributed by atoms with van der Waals surface area (Å²) in [7, 11) is 0. The first-order chi connectivity index (χ1) is 7.38.